The average molecular weight is 1100 g/mol. The minimum Gasteiger partial charge on any atom is -0.462 e. The van der Waals surface area contributed by atoms with E-state index in [9.17, 15) is 14.4 Å². The van der Waals surface area contributed by atoms with Crippen molar-refractivity contribution in [1.82, 2.24) is 0 Å². The highest BCUT2D eigenvalue weighted by molar-refractivity contribution is 5.71. The Labute approximate surface area is 488 Å². The van der Waals surface area contributed by atoms with Crippen molar-refractivity contribution in [1.29, 1.82) is 0 Å². The van der Waals surface area contributed by atoms with E-state index < -0.39 is 6.10 Å². The smallest absolute Gasteiger partial charge is 0.306 e. The summed E-state index contributed by atoms with van der Waals surface area (Å²) in [7, 11) is 0. The number of esters is 3. The fraction of sp³-hybridized carbons (Fsp3) is 0.685. The van der Waals surface area contributed by atoms with Gasteiger partial charge in [0, 0.05) is 19.3 Å². The third kappa shape index (κ3) is 64.5. The van der Waals surface area contributed by atoms with Crippen LogP contribution in [0.2, 0.25) is 0 Å². The molecule has 0 saturated heterocycles. The van der Waals surface area contributed by atoms with E-state index in [2.05, 4.69) is 142 Å². The van der Waals surface area contributed by atoms with Gasteiger partial charge in [-0.25, -0.2) is 0 Å². The molecule has 0 heterocycles. The topological polar surface area (TPSA) is 78.9 Å². The largest absolute Gasteiger partial charge is 0.462 e. The molecule has 0 spiro atoms. The first kappa shape index (κ1) is 74.8. The van der Waals surface area contributed by atoms with Crippen molar-refractivity contribution in [2.45, 2.75) is 309 Å². The second kappa shape index (κ2) is 66.3. The van der Waals surface area contributed by atoms with Gasteiger partial charge in [0.15, 0.2) is 6.10 Å². The van der Waals surface area contributed by atoms with Crippen LogP contribution in [-0.2, 0) is 28.6 Å². The minimum absolute atomic E-state index is 0.0795. The quantitative estimate of drug-likeness (QED) is 0.0261. The summed E-state index contributed by atoms with van der Waals surface area (Å²) in [4.78, 5) is 38.1. The maximum atomic E-state index is 12.9. The lowest BCUT2D eigenvalue weighted by Gasteiger charge is -2.18. The van der Waals surface area contributed by atoms with Crippen molar-refractivity contribution >= 4 is 17.9 Å². The monoisotopic (exact) mass is 1090 g/mol. The summed E-state index contributed by atoms with van der Waals surface area (Å²) in [6.45, 7) is 6.38. The van der Waals surface area contributed by atoms with E-state index in [1.165, 1.54) is 141 Å². The molecule has 0 aromatic heterocycles. The summed E-state index contributed by atoms with van der Waals surface area (Å²) in [6.07, 6.45) is 92.3. The van der Waals surface area contributed by atoms with Crippen molar-refractivity contribution in [3.05, 3.63) is 122 Å². The summed E-state index contributed by atoms with van der Waals surface area (Å²) in [5.74, 6) is -0.886. The van der Waals surface area contributed by atoms with Crippen molar-refractivity contribution in [3.63, 3.8) is 0 Å². The maximum Gasteiger partial charge on any atom is 0.306 e. The van der Waals surface area contributed by atoms with Gasteiger partial charge >= 0.3 is 17.9 Å². The molecule has 0 bridgehead atoms. The Kier molecular flexibility index (Phi) is 62.8. The lowest BCUT2D eigenvalue weighted by Crippen LogP contribution is -2.30. The number of unbranched alkanes of at least 4 members (excludes halogenated alkanes) is 28. The first-order valence-electron chi connectivity index (χ1n) is 33.0. The molecule has 1 atom stereocenters. The third-order valence-electron chi connectivity index (χ3n) is 14.0. The molecule has 0 aromatic carbocycles. The molecule has 0 N–H and O–H groups in total. The van der Waals surface area contributed by atoms with Crippen LogP contribution in [0.4, 0.5) is 0 Å². The zero-order valence-corrected chi connectivity index (χ0v) is 51.6. The van der Waals surface area contributed by atoms with E-state index in [0.717, 1.165) is 122 Å². The summed E-state index contributed by atoms with van der Waals surface area (Å²) in [6, 6.07) is 0. The molecule has 0 amide bonds. The van der Waals surface area contributed by atoms with Gasteiger partial charge in [-0.05, 0) is 109 Å². The summed E-state index contributed by atoms with van der Waals surface area (Å²) >= 11 is 0. The second-order valence-corrected chi connectivity index (χ2v) is 21.6. The number of ether oxygens (including phenoxy) is 3. The molecular weight excluding hydrogens is 973 g/mol. The van der Waals surface area contributed by atoms with E-state index in [1.54, 1.807) is 0 Å². The normalized spacial score (nSPS) is 12.9. The van der Waals surface area contributed by atoms with Crippen LogP contribution >= 0.6 is 0 Å². The standard InChI is InChI=1S/C73H122O6/c1-4-7-10-13-16-18-20-22-24-26-28-30-32-34-35-36-37-39-40-42-44-46-48-50-52-54-57-60-63-66-72(75)78-69-70(68-77-71(74)65-62-59-56-15-12-9-6-3)79-73(76)67-64-61-58-55-53-51-49-47-45-43-41-38-33-31-29-27-25-23-21-19-17-14-11-8-5-2/h7-8,10-11,16-19,22-25,28-31,34-35,37,39,70H,4-6,9,12-15,20-21,26-27,32-33,36,38,40-69H2,1-3H3/b10-7-,11-8-,18-16-,19-17-,24-22-,25-23-,30-28-,31-29-,35-34-,39-37-. The molecule has 0 radical (unpaired) electrons. The van der Waals surface area contributed by atoms with Gasteiger partial charge in [0.2, 0.25) is 0 Å². The number of hydrogen-bond acceptors (Lipinski definition) is 6. The molecule has 0 aliphatic heterocycles. The predicted octanol–water partition coefficient (Wildman–Crippen LogP) is 22.8. The van der Waals surface area contributed by atoms with Crippen LogP contribution in [0.25, 0.3) is 0 Å². The Hall–Kier alpha value is -4.19. The first-order valence-corrected chi connectivity index (χ1v) is 33.0. The zero-order valence-electron chi connectivity index (χ0n) is 51.6. The maximum absolute atomic E-state index is 12.9. The number of allylic oxidation sites excluding steroid dienone is 20. The molecule has 450 valence electrons. The van der Waals surface area contributed by atoms with Gasteiger partial charge in [0.1, 0.15) is 13.2 Å². The van der Waals surface area contributed by atoms with E-state index in [-0.39, 0.29) is 31.1 Å². The van der Waals surface area contributed by atoms with E-state index >= 15 is 0 Å². The van der Waals surface area contributed by atoms with Crippen LogP contribution < -0.4 is 0 Å². The molecule has 0 fully saturated rings. The Morgan fingerprint density at radius 1 is 0.266 bits per heavy atom. The second-order valence-electron chi connectivity index (χ2n) is 21.6. The summed E-state index contributed by atoms with van der Waals surface area (Å²) in [5, 5.41) is 0. The average Bonchev–Trinajstić information content (AvgIpc) is 3.45. The van der Waals surface area contributed by atoms with Gasteiger partial charge in [-0.1, -0.05) is 296 Å². The lowest BCUT2D eigenvalue weighted by molar-refractivity contribution is -0.167. The molecule has 0 rings (SSSR count). The van der Waals surface area contributed by atoms with Gasteiger partial charge in [-0.3, -0.25) is 14.4 Å². The van der Waals surface area contributed by atoms with Gasteiger partial charge < -0.3 is 14.2 Å². The molecule has 6 heteroatoms. The van der Waals surface area contributed by atoms with Crippen LogP contribution in [0, 0.1) is 0 Å². The highest BCUT2D eigenvalue weighted by Crippen LogP contribution is 2.16. The van der Waals surface area contributed by atoms with Crippen molar-refractivity contribution in [2.75, 3.05) is 13.2 Å². The molecule has 79 heavy (non-hydrogen) atoms. The number of carbonyl (C=O) groups is 3. The Bertz CT molecular complexity index is 1640. The van der Waals surface area contributed by atoms with Crippen molar-refractivity contribution in [3.8, 4) is 0 Å². The minimum atomic E-state index is -0.781. The first-order chi connectivity index (χ1) is 39.0. The van der Waals surface area contributed by atoms with Crippen molar-refractivity contribution in [2.24, 2.45) is 0 Å². The van der Waals surface area contributed by atoms with Crippen LogP contribution in [0.15, 0.2) is 122 Å². The summed E-state index contributed by atoms with van der Waals surface area (Å²) < 4.78 is 16.9. The van der Waals surface area contributed by atoms with Gasteiger partial charge in [0.05, 0.1) is 0 Å². The van der Waals surface area contributed by atoms with Gasteiger partial charge in [0.25, 0.3) is 0 Å². The molecular formula is C73H122O6. The van der Waals surface area contributed by atoms with Gasteiger partial charge in [-0.15, -0.1) is 0 Å². The van der Waals surface area contributed by atoms with Crippen LogP contribution in [0.5, 0.6) is 0 Å². The molecule has 0 aromatic rings. The Balaban J connectivity index is 4.14. The predicted molar refractivity (Wildman–Crippen MR) is 343 cm³/mol. The van der Waals surface area contributed by atoms with E-state index in [4.69, 9.17) is 14.2 Å². The van der Waals surface area contributed by atoms with Crippen LogP contribution in [0.1, 0.15) is 303 Å². The lowest BCUT2D eigenvalue weighted by atomic mass is 10.0. The molecule has 1 unspecified atom stereocenters. The van der Waals surface area contributed by atoms with E-state index in [0.29, 0.717) is 19.3 Å². The van der Waals surface area contributed by atoms with Gasteiger partial charge in [-0.2, -0.15) is 0 Å². The third-order valence-corrected chi connectivity index (χ3v) is 14.0. The van der Waals surface area contributed by atoms with Crippen LogP contribution in [-0.4, -0.2) is 37.2 Å². The molecule has 0 aliphatic rings. The fourth-order valence-corrected chi connectivity index (χ4v) is 9.09. The zero-order chi connectivity index (χ0) is 57.1. The number of hydrogen-bond donors (Lipinski definition) is 0. The highest BCUT2D eigenvalue weighted by Gasteiger charge is 2.19. The summed E-state index contributed by atoms with van der Waals surface area (Å²) in [5.41, 5.74) is 0. The molecule has 0 saturated carbocycles. The Morgan fingerprint density at radius 2 is 0.494 bits per heavy atom. The van der Waals surface area contributed by atoms with Crippen LogP contribution in [0.3, 0.4) is 0 Å². The SMILES string of the molecule is CC/C=C\C/C=C\C/C=C\C/C=C\C/C=C\C/C=C\CCCCCCCCCCCCC(=O)OCC(COC(=O)CCCCCCCCC)OC(=O)CCCCCCCCCCCCCC/C=C\C/C=C\C/C=C\C/C=C\CC. The molecule has 6 nitrogen and oxygen atoms in total. The highest BCUT2D eigenvalue weighted by atomic mass is 16.6. The Morgan fingerprint density at radius 3 is 0.772 bits per heavy atom. The number of rotatable bonds is 59. The van der Waals surface area contributed by atoms with Crippen molar-refractivity contribution < 1.29 is 28.6 Å². The fourth-order valence-electron chi connectivity index (χ4n) is 9.09. The van der Waals surface area contributed by atoms with E-state index in [1.807, 2.05) is 0 Å². The number of carbonyl (C=O) groups excluding carboxylic acids is 3. The molecule has 0 aliphatic carbocycles.